The van der Waals surface area contributed by atoms with E-state index in [0.717, 1.165) is 50.5 Å². The van der Waals surface area contributed by atoms with E-state index >= 15 is 8.78 Å². The third kappa shape index (κ3) is 10.2. The molecule has 1 unspecified atom stereocenters. The molecule has 1 aliphatic carbocycles. The monoisotopic (exact) mass is 676 g/mol. The lowest BCUT2D eigenvalue weighted by atomic mass is 9.73. The lowest BCUT2D eigenvalue weighted by molar-refractivity contribution is -0.144. The summed E-state index contributed by atoms with van der Waals surface area (Å²) >= 11 is 0. The van der Waals surface area contributed by atoms with Crippen molar-refractivity contribution in [2.24, 2.45) is 11.8 Å². The number of aliphatic hydroxyl groups is 1. The van der Waals surface area contributed by atoms with Gasteiger partial charge in [-0.05, 0) is 110 Å². The van der Waals surface area contributed by atoms with E-state index < -0.39 is 30.2 Å². The van der Waals surface area contributed by atoms with Crippen LogP contribution in [0.3, 0.4) is 0 Å². The largest absolute Gasteiger partial charge is 0.462 e. The van der Waals surface area contributed by atoms with Gasteiger partial charge in [0.15, 0.2) is 0 Å². The van der Waals surface area contributed by atoms with E-state index in [0.29, 0.717) is 35.1 Å². The van der Waals surface area contributed by atoms with Gasteiger partial charge in [-0.15, -0.1) is 0 Å². The Hall–Kier alpha value is -4.17. The second-order valence-electron chi connectivity index (χ2n) is 13.1. The van der Waals surface area contributed by atoms with Crippen molar-refractivity contribution in [3.63, 3.8) is 0 Å². The Kier molecular flexibility index (Phi) is 13.8. The molecule has 262 valence electrons. The third-order valence-electron chi connectivity index (χ3n) is 9.58. The number of benzene rings is 3. The zero-order valence-corrected chi connectivity index (χ0v) is 28.5. The van der Waals surface area contributed by atoms with Crippen LogP contribution < -0.4 is 0 Å². The van der Waals surface area contributed by atoms with Gasteiger partial charge in [0.05, 0.1) is 25.4 Å². The zero-order chi connectivity index (χ0) is 35.5. The van der Waals surface area contributed by atoms with E-state index in [9.17, 15) is 14.0 Å². The van der Waals surface area contributed by atoms with Crippen LogP contribution in [0.25, 0.3) is 22.3 Å². The van der Waals surface area contributed by atoms with Gasteiger partial charge in [0, 0.05) is 16.7 Å². The Morgan fingerprint density at radius 3 is 2.06 bits per heavy atom. The van der Waals surface area contributed by atoms with Crippen molar-refractivity contribution in [1.82, 2.24) is 0 Å². The summed E-state index contributed by atoms with van der Waals surface area (Å²) in [6.07, 6.45) is 7.32. The van der Waals surface area contributed by atoms with E-state index in [1.54, 1.807) is 37.3 Å². The maximum Gasteiger partial charge on any atom is 0.335 e. The van der Waals surface area contributed by atoms with Gasteiger partial charge in [-0.25, -0.2) is 22.8 Å². The van der Waals surface area contributed by atoms with Crippen molar-refractivity contribution in [2.75, 3.05) is 19.8 Å². The van der Waals surface area contributed by atoms with Gasteiger partial charge in [-0.1, -0.05) is 69.3 Å². The van der Waals surface area contributed by atoms with Gasteiger partial charge in [-0.3, -0.25) is 0 Å². The highest BCUT2D eigenvalue weighted by Gasteiger charge is 2.30. The van der Waals surface area contributed by atoms with Crippen LogP contribution in [0, 0.1) is 29.3 Å². The number of ether oxygens (including phenoxy) is 2. The van der Waals surface area contributed by atoms with Crippen LogP contribution >= 0.6 is 0 Å². The Morgan fingerprint density at radius 2 is 1.47 bits per heavy atom. The maximum absolute atomic E-state index is 15.5. The molecule has 0 spiro atoms. The summed E-state index contributed by atoms with van der Waals surface area (Å²) in [4.78, 5) is 24.0. The Labute approximate surface area is 287 Å². The number of carbonyl (C=O) groups excluding carboxylic acids is 2. The Morgan fingerprint density at radius 1 is 0.837 bits per heavy atom. The summed E-state index contributed by atoms with van der Waals surface area (Å²) < 4.78 is 56.2. The van der Waals surface area contributed by atoms with Crippen molar-refractivity contribution < 1.29 is 37.3 Å². The molecule has 0 bridgehead atoms. The molecular weight excluding hydrogens is 629 g/mol. The van der Waals surface area contributed by atoms with Crippen molar-refractivity contribution in [1.29, 1.82) is 0 Å². The fourth-order valence-corrected chi connectivity index (χ4v) is 6.57. The number of aliphatic hydroxyl groups excluding tert-OH is 1. The Bertz CT molecular complexity index is 1640. The Balaban J connectivity index is 1.40. The number of hydrogen-bond acceptors (Lipinski definition) is 5. The zero-order valence-electron chi connectivity index (χ0n) is 28.5. The summed E-state index contributed by atoms with van der Waals surface area (Å²) in [5, 5.41) is 9.11. The quantitative estimate of drug-likeness (QED) is 0.0930. The smallest absolute Gasteiger partial charge is 0.335 e. The maximum atomic E-state index is 15.5. The molecule has 0 heterocycles. The number of hydrogen-bond donors (Lipinski definition) is 1. The van der Waals surface area contributed by atoms with Gasteiger partial charge in [-0.2, -0.15) is 0 Å². The van der Waals surface area contributed by atoms with Crippen molar-refractivity contribution >= 4 is 11.9 Å². The highest BCUT2D eigenvalue weighted by atomic mass is 19.1. The number of aryl methyl sites for hydroxylation is 1. The minimum atomic E-state index is -0.661. The fourth-order valence-electron chi connectivity index (χ4n) is 6.57. The second kappa shape index (κ2) is 18.0. The predicted octanol–water partition coefficient (Wildman–Crippen LogP) is 9.66. The van der Waals surface area contributed by atoms with E-state index in [4.69, 9.17) is 14.6 Å². The molecule has 0 amide bonds. The van der Waals surface area contributed by atoms with Crippen LogP contribution in [-0.4, -0.2) is 36.9 Å². The van der Waals surface area contributed by atoms with Crippen molar-refractivity contribution in [3.05, 3.63) is 107 Å². The third-order valence-corrected chi connectivity index (χ3v) is 9.58. The topological polar surface area (TPSA) is 72.8 Å². The average molecular weight is 677 g/mol. The van der Waals surface area contributed by atoms with E-state index in [2.05, 4.69) is 20.1 Å². The first-order valence-corrected chi connectivity index (χ1v) is 17.2. The van der Waals surface area contributed by atoms with Gasteiger partial charge in [0.1, 0.15) is 17.5 Å². The summed E-state index contributed by atoms with van der Waals surface area (Å²) in [7, 11) is 0. The first kappa shape index (κ1) is 37.6. The standard InChI is InChI=1S/C41H47F3O5/c1-5-6-7-8-30-13-14-32(22-37(30)42)36-18-16-33(23-39(36)44)35-17-15-31(21-38(35)43)28-9-11-29(12-10-28)34(25-49-40(46)26(2)3)19-20-48-41(47)27(4)24-45/h13-18,21-23,28-29,34,45H,2,4-12,19-20,24-25H2,1,3H3. The average Bonchev–Trinajstić information content (AvgIpc) is 3.09. The minimum Gasteiger partial charge on any atom is -0.462 e. The van der Waals surface area contributed by atoms with Gasteiger partial charge in [0.2, 0.25) is 0 Å². The molecule has 1 atom stereocenters. The number of esters is 2. The minimum absolute atomic E-state index is 0.0264. The summed E-state index contributed by atoms with van der Waals surface area (Å²) in [5.41, 5.74) is 3.16. The molecule has 0 aromatic heterocycles. The van der Waals surface area contributed by atoms with E-state index in [-0.39, 0.29) is 53.5 Å². The second-order valence-corrected chi connectivity index (χ2v) is 13.1. The normalized spacial score (nSPS) is 16.5. The molecule has 5 nitrogen and oxygen atoms in total. The first-order chi connectivity index (χ1) is 23.5. The van der Waals surface area contributed by atoms with Crippen LogP contribution in [0.1, 0.15) is 82.3 Å². The van der Waals surface area contributed by atoms with Gasteiger partial charge in [0.25, 0.3) is 0 Å². The molecule has 3 aromatic carbocycles. The van der Waals surface area contributed by atoms with Crippen LogP contribution in [0.2, 0.25) is 0 Å². The molecule has 8 heteroatoms. The highest BCUT2D eigenvalue weighted by Crippen LogP contribution is 2.41. The van der Waals surface area contributed by atoms with Crippen LogP contribution in [-0.2, 0) is 25.5 Å². The summed E-state index contributed by atoms with van der Waals surface area (Å²) in [5.74, 6) is -2.20. The lowest BCUT2D eigenvalue weighted by Crippen LogP contribution is -2.27. The molecule has 0 aliphatic heterocycles. The van der Waals surface area contributed by atoms with E-state index in [1.165, 1.54) is 18.2 Å². The molecular formula is C41H47F3O5. The summed E-state index contributed by atoms with van der Waals surface area (Å²) in [6, 6.07) is 14.4. The highest BCUT2D eigenvalue weighted by molar-refractivity contribution is 5.88. The predicted molar refractivity (Wildman–Crippen MR) is 186 cm³/mol. The molecule has 1 aliphatic rings. The number of unbranched alkanes of at least 4 members (excludes halogenated alkanes) is 2. The van der Waals surface area contributed by atoms with Crippen LogP contribution in [0.5, 0.6) is 0 Å². The van der Waals surface area contributed by atoms with Crippen molar-refractivity contribution in [3.8, 4) is 22.3 Å². The van der Waals surface area contributed by atoms with Crippen molar-refractivity contribution in [2.45, 2.75) is 77.6 Å². The first-order valence-electron chi connectivity index (χ1n) is 17.2. The van der Waals surface area contributed by atoms with E-state index in [1.807, 2.05) is 6.07 Å². The lowest BCUT2D eigenvalue weighted by Gasteiger charge is -2.34. The van der Waals surface area contributed by atoms with Crippen LogP contribution in [0.4, 0.5) is 13.2 Å². The number of halogens is 3. The van der Waals surface area contributed by atoms with Gasteiger partial charge < -0.3 is 14.6 Å². The van der Waals surface area contributed by atoms with Crippen LogP contribution in [0.15, 0.2) is 78.9 Å². The summed E-state index contributed by atoms with van der Waals surface area (Å²) in [6.45, 7) is 10.6. The number of rotatable bonds is 16. The molecule has 49 heavy (non-hydrogen) atoms. The molecule has 1 saturated carbocycles. The van der Waals surface area contributed by atoms with Gasteiger partial charge >= 0.3 is 11.9 Å². The molecule has 0 saturated heterocycles. The molecule has 3 aromatic rings. The molecule has 1 N–H and O–H groups in total. The molecule has 4 rings (SSSR count). The molecule has 0 radical (unpaired) electrons. The fraction of sp³-hybridized carbons (Fsp3) is 0.415. The molecule has 1 fully saturated rings. The SMILES string of the molecule is C=C(C)C(=O)OCC(CCOC(=O)C(=C)CO)C1CCC(c2ccc(-c3ccc(-c4ccc(CCCCC)c(F)c4)c(F)c3)c(F)c2)CC1. The number of carbonyl (C=O) groups is 2.